The second-order valence-corrected chi connectivity index (χ2v) is 6.41. The first-order chi connectivity index (χ1) is 13.7. The Labute approximate surface area is 164 Å². The number of benzene rings is 1. The van der Waals surface area contributed by atoms with Crippen molar-refractivity contribution in [2.24, 2.45) is 0 Å². The van der Waals surface area contributed by atoms with Crippen molar-refractivity contribution in [1.82, 2.24) is 4.98 Å². The van der Waals surface area contributed by atoms with E-state index in [1.54, 1.807) is 0 Å². The van der Waals surface area contributed by atoms with E-state index in [9.17, 15) is 0 Å². The highest BCUT2D eigenvalue weighted by Crippen LogP contribution is 2.30. The van der Waals surface area contributed by atoms with Crippen LogP contribution >= 0.6 is 0 Å². The number of aromatic nitrogens is 1. The summed E-state index contributed by atoms with van der Waals surface area (Å²) in [6.07, 6.45) is 1.81. The predicted molar refractivity (Wildman–Crippen MR) is 108 cm³/mol. The van der Waals surface area contributed by atoms with Crippen LogP contribution in [0.2, 0.25) is 0 Å². The van der Waals surface area contributed by atoms with Gasteiger partial charge < -0.3 is 28.6 Å². The van der Waals surface area contributed by atoms with Gasteiger partial charge in [0.05, 0.1) is 33.0 Å². The highest BCUT2D eigenvalue weighted by Gasteiger charge is 2.08. The quantitative estimate of drug-likeness (QED) is 0.508. The summed E-state index contributed by atoms with van der Waals surface area (Å²) in [6.45, 7) is 2.23. The Kier molecular flexibility index (Phi) is 7.25. The number of hydrogen-bond donors (Lipinski definition) is 1. The van der Waals surface area contributed by atoms with Crippen LogP contribution in [0.25, 0.3) is 22.3 Å². The van der Waals surface area contributed by atoms with Crippen molar-refractivity contribution in [2.45, 2.75) is 0 Å². The van der Waals surface area contributed by atoms with Crippen molar-refractivity contribution >= 4 is 16.8 Å². The van der Waals surface area contributed by atoms with Gasteiger partial charge in [0, 0.05) is 31.2 Å². The second kappa shape index (κ2) is 10.1. The summed E-state index contributed by atoms with van der Waals surface area (Å²) < 4.78 is 22.2. The van der Waals surface area contributed by atoms with Gasteiger partial charge in [-0.05, 0) is 36.4 Å². The zero-order valence-corrected chi connectivity index (χ0v) is 16.3. The Hall–Kier alpha value is -2.61. The summed E-state index contributed by atoms with van der Waals surface area (Å²) >= 11 is 0. The number of furan rings is 1. The highest BCUT2D eigenvalue weighted by molar-refractivity contribution is 5.84. The average Bonchev–Trinajstić information content (AvgIpc) is 3.13. The van der Waals surface area contributed by atoms with Gasteiger partial charge in [-0.3, -0.25) is 0 Å². The fourth-order valence-corrected chi connectivity index (χ4v) is 2.65. The molecule has 7 heteroatoms. The van der Waals surface area contributed by atoms with Crippen LogP contribution in [0.5, 0.6) is 5.75 Å². The molecule has 0 aliphatic heterocycles. The summed E-state index contributed by atoms with van der Waals surface area (Å²) in [4.78, 5) is 6.39. The van der Waals surface area contributed by atoms with Crippen LogP contribution in [0, 0.1) is 0 Å². The maximum absolute atomic E-state index is 8.61. The maximum atomic E-state index is 8.61. The molecule has 0 spiro atoms. The molecule has 0 amide bonds. The minimum atomic E-state index is 0.0270. The van der Waals surface area contributed by atoms with Gasteiger partial charge in [-0.1, -0.05) is 0 Å². The second-order valence-electron chi connectivity index (χ2n) is 6.41. The molecule has 3 rings (SSSR count). The average molecular weight is 386 g/mol. The molecular formula is C21H26N2O5. The summed E-state index contributed by atoms with van der Waals surface area (Å²) in [5.41, 5.74) is 1.73. The number of ether oxygens (including phenoxy) is 3. The molecule has 28 heavy (non-hydrogen) atoms. The molecule has 2 heterocycles. The van der Waals surface area contributed by atoms with Gasteiger partial charge in [0.25, 0.3) is 0 Å². The van der Waals surface area contributed by atoms with E-state index in [2.05, 4.69) is 4.98 Å². The molecular weight excluding hydrogens is 360 g/mol. The fourth-order valence-electron chi connectivity index (χ4n) is 2.65. The summed E-state index contributed by atoms with van der Waals surface area (Å²) in [5, 5.41) is 9.58. The molecule has 2 aromatic heterocycles. The van der Waals surface area contributed by atoms with E-state index in [0.29, 0.717) is 33.0 Å². The van der Waals surface area contributed by atoms with E-state index in [1.807, 2.05) is 61.6 Å². The van der Waals surface area contributed by atoms with E-state index in [-0.39, 0.29) is 6.61 Å². The van der Waals surface area contributed by atoms with Crippen molar-refractivity contribution in [3.8, 4) is 17.1 Å². The standard InChI is InChI=1S/C21H26N2O5/c1-23(2)21-6-3-16(15-22-21)20-14-17-13-18(4-5-19(17)28-20)27-12-11-26-10-9-25-8-7-24/h3-6,13-15,24H,7-12H2,1-2H3. The van der Waals surface area contributed by atoms with Crippen molar-refractivity contribution in [3.63, 3.8) is 0 Å². The Balaban J connectivity index is 1.54. The number of hydrogen-bond acceptors (Lipinski definition) is 7. The van der Waals surface area contributed by atoms with Crippen molar-refractivity contribution in [1.29, 1.82) is 0 Å². The van der Waals surface area contributed by atoms with Crippen molar-refractivity contribution < 1.29 is 23.7 Å². The third kappa shape index (κ3) is 5.45. The van der Waals surface area contributed by atoms with Crippen molar-refractivity contribution in [3.05, 3.63) is 42.6 Å². The lowest BCUT2D eigenvalue weighted by Gasteiger charge is -2.10. The first-order valence-corrected chi connectivity index (χ1v) is 9.24. The SMILES string of the molecule is CN(C)c1ccc(-c2cc3cc(OCCOCCOCCO)ccc3o2)cn1. The van der Waals surface area contributed by atoms with Crippen LogP contribution in [0.15, 0.2) is 47.0 Å². The monoisotopic (exact) mass is 386 g/mol. The summed E-state index contributed by atoms with van der Waals surface area (Å²) in [6, 6.07) is 11.7. The van der Waals surface area contributed by atoms with Gasteiger partial charge in [-0.15, -0.1) is 0 Å². The van der Waals surface area contributed by atoms with Gasteiger partial charge in [0.1, 0.15) is 29.5 Å². The number of pyridine rings is 1. The molecule has 150 valence electrons. The largest absolute Gasteiger partial charge is 0.491 e. The zero-order valence-electron chi connectivity index (χ0n) is 16.3. The Bertz CT molecular complexity index is 861. The number of aliphatic hydroxyl groups is 1. The van der Waals surface area contributed by atoms with Crippen LogP contribution in [0.3, 0.4) is 0 Å². The third-order valence-corrected chi connectivity index (χ3v) is 4.08. The Morgan fingerprint density at radius 1 is 0.964 bits per heavy atom. The molecule has 1 aromatic carbocycles. The molecule has 7 nitrogen and oxygen atoms in total. The Morgan fingerprint density at radius 3 is 2.46 bits per heavy atom. The van der Waals surface area contributed by atoms with Crippen LogP contribution in [0.1, 0.15) is 0 Å². The summed E-state index contributed by atoms with van der Waals surface area (Å²) in [7, 11) is 3.92. The minimum Gasteiger partial charge on any atom is -0.491 e. The first-order valence-electron chi connectivity index (χ1n) is 9.24. The number of fused-ring (bicyclic) bond motifs is 1. The number of aliphatic hydroxyl groups excluding tert-OH is 1. The van der Waals surface area contributed by atoms with Gasteiger partial charge in [-0.25, -0.2) is 4.98 Å². The molecule has 0 atom stereocenters. The predicted octanol–water partition coefficient (Wildman–Crippen LogP) is 2.97. The molecule has 0 unspecified atom stereocenters. The van der Waals surface area contributed by atoms with Gasteiger partial charge in [0.15, 0.2) is 0 Å². The van der Waals surface area contributed by atoms with Crippen LogP contribution in [-0.2, 0) is 9.47 Å². The first kappa shape index (κ1) is 20.1. The van der Waals surface area contributed by atoms with E-state index in [1.165, 1.54) is 0 Å². The summed E-state index contributed by atoms with van der Waals surface area (Å²) in [5.74, 6) is 2.44. The van der Waals surface area contributed by atoms with Crippen molar-refractivity contribution in [2.75, 3.05) is 58.6 Å². The molecule has 0 bridgehead atoms. The van der Waals surface area contributed by atoms with Gasteiger partial charge in [-0.2, -0.15) is 0 Å². The molecule has 3 aromatic rings. The molecule has 1 N–H and O–H groups in total. The zero-order chi connectivity index (χ0) is 19.8. The minimum absolute atomic E-state index is 0.0270. The van der Waals surface area contributed by atoms with Crippen LogP contribution < -0.4 is 9.64 Å². The van der Waals surface area contributed by atoms with E-state index < -0.39 is 0 Å². The topological polar surface area (TPSA) is 77.2 Å². The lowest BCUT2D eigenvalue weighted by Crippen LogP contribution is -2.11. The molecule has 0 aliphatic carbocycles. The third-order valence-electron chi connectivity index (χ3n) is 4.08. The smallest absolute Gasteiger partial charge is 0.136 e. The number of nitrogens with zero attached hydrogens (tertiary/aromatic N) is 2. The molecule has 0 radical (unpaired) electrons. The van der Waals surface area contributed by atoms with Gasteiger partial charge in [0.2, 0.25) is 0 Å². The molecule has 0 saturated heterocycles. The maximum Gasteiger partial charge on any atom is 0.136 e. The highest BCUT2D eigenvalue weighted by atomic mass is 16.5. The fraction of sp³-hybridized carbons (Fsp3) is 0.381. The van der Waals surface area contributed by atoms with E-state index in [0.717, 1.165) is 33.9 Å². The lowest BCUT2D eigenvalue weighted by molar-refractivity contribution is 0.0247. The Morgan fingerprint density at radius 2 is 1.75 bits per heavy atom. The molecule has 0 fully saturated rings. The normalized spacial score (nSPS) is 11.1. The van der Waals surface area contributed by atoms with E-state index >= 15 is 0 Å². The molecule has 0 saturated carbocycles. The van der Waals surface area contributed by atoms with Crippen LogP contribution in [-0.4, -0.2) is 63.8 Å². The lowest BCUT2D eigenvalue weighted by atomic mass is 10.2. The molecule has 0 aliphatic rings. The van der Waals surface area contributed by atoms with Crippen LogP contribution in [0.4, 0.5) is 5.82 Å². The number of anilines is 1. The number of rotatable bonds is 11. The van der Waals surface area contributed by atoms with E-state index in [4.69, 9.17) is 23.7 Å². The van der Waals surface area contributed by atoms with Gasteiger partial charge >= 0.3 is 0 Å².